The van der Waals surface area contributed by atoms with Gasteiger partial charge in [-0.1, -0.05) is 18.2 Å². The van der Waals surface area contributed by atoms with Crippen LogP contribution in [0.3, 0.4) is 0 Å². The van der Waals surface area contributed by atoms with Gasteiger partial charge in [0.1, 0.15) is 0 Å². The molecule has 0 radical (unpaired) electrons. The average Bonchev–Trinajstić information content (AvgIpc) is 2.77. The number of nitrogens with one attached hydrogen (secondary N) is 1. The van der Waals surface area contributed by atoms with Gasteiger partial charge in [0.05, 0.1) is 16.2 Å². The highest BCUT2D eigenvalue weighted by atomic mass is 32.2. The number of rotatable bonds is 7. The van der Waals surface area contributed by atoms with E-state index in [1.807, 2.05) is 4.90 Å². The molecule has 2 amide bonds. The van der Waals surface area contributed by atoms with Gasteiger partial charge >= 0.3 is 0 Å². The molecular formula is C21H25N3O4S. The van der Waals surface area contributed by atoms with Crippen molar-refractivity contribution in [3.05, 3.63) is 60.4 Å². The van der Waals surface area contributed by atoms with Gasteiger partial charge in [-0.25, -0.2) is 8.42 Å². The third-order valence-electron chi connectivity index (χ3n) is 5.10. The van der Waals surface area contributed by atoms with Gasteiger partial charge in [0, 0.05) is 38.4 Å². The maximum atomic E-state index is 12.4. The highest BCUT2D eigenvalue weighted by Crippen LogP contribution is 2.18. The van der Waals surface area contributed by atoms with Gasteiger partial charge in [-0.15, -0.1) is 0 Å². The molecule has 8 heteroatoms. The molecule has 1 aliphatic heterocycles. The van der Waals surface area contributed by atoms with Gasteiger partial charge in [-0.05, 0) is 43.0 Å². The predicted octanol–water partition coefficient (Wildman–Crippen LogP) is 1.91. The maximum Gasteiger partial charge on any atom is 0.255 e. The van der Waals surface area contributed by atoms with Gasteiger partial charge in [0.25, 0.3) is 5.91 Å². The number of piperidine rings is 1. The van der Waals surface area contributed by atoms with E-state index in [4.69, 9.17) is 0 Å². The number of nitrogens with zero attached hydrogens (tertiary/aromatic N) is 2. The number of hydrogen-bond donors (Lipinski definition) is 1. The van der Waals surface area contributed by atoms with Gasteiger partial charge < -0.3 is 10.2 Å². The third kappa shape index (κ3) is 5.87. The van der Waals surface area contributed by atoms with Crippen LogP contribution in [-0.4, -0.2) is 55.5 Å². The smallest absolute Gasteiger partial charge is 0.255 e. The summed E-state index contributed by atoms with van der Waals surface area (Å²) in [5, 5.41) is 2.84. The van der Waals surface area contributed by atoms with Crippen molar-refractivity contribution in [2.45, 2.75) is 24.2 Å². The molecule has 1 aromatic heterocycles. The number of carbonyl (C=O) groups is 2. The Balaban J connectivity index is 1.39. The number of sulfone groups is 1. The highest BCUT2D eigenvalue weighted by molar-refractivity contribution is 7.91. The standard InChI is InChI=1S/C21H25N3O4S/c25-20(10-14-29(27,28)19-6-2-1-3-7-19)23-15-17-8-12-24(13-9-17)21(26)18-5-4-11-22-16-18/h1-7,11,16-17H,8-10,12-15H2,(H,23,25). The monoisotopic (exact) mass is 415 g/mol. The van der Waals surface area contributed by atoms with Gasteiger partial charge in [0.15, 0.2) is 9.84 Å². The molecule has 0 spiro atoms. The fourth-order valence-corrected chi connectivity index (χ4v) is 4.59. The van der Waals surface area contributed by atoms with Gasteiger partial charge in [0.2, 0.25) is 5.91 Å². The molecule has 1 N–H and O–H groups in total. The molecule has 0 atom stereocenters. The molecule has 0 bridgehead atoms. The number of carbonyl (C=O) groups excluding carboxylic acids is 2. The van der Waals surface area contributed by atoms with E-state index in [0.29, 0.717) is 25.2 Å². The molecule has 0 unspecified atom stereocenters. The van der Waals surface area contributed by atoms with Crippen molar-refractivity contribution < 1.29 is 18.0 Å². The summed E-state index contributed by atoms with van der Waals surface area (Å²) in [7, 11) is -3.45. The number of hydrogen-bond acceptors (Lipinski definition) is 5. The van der Waals surface area contributed by atoms with Crippen molar-refractivity contribution in [3.63, 3.8) is 0 Å². The third-order valence-corrected chi connectivity index (χ3v) is 6.83. The summed E-state index contributed by atoms with van der Waals surface area (Å²) in [4.78, 5) is 30.5. The zero-order valence-corrected chi connectivity index (χ0v) is 17.0. The Kier molecular flexibility index (Phi) is 6.98. The molecule has 1 aromatic carbocycles. The Morgan fingerprint density at radius 2 is 1.79 bits per heavy atom. The van der Waals surface area contributed by atoms with Crippen LogP contribution < -0.4 is 5.32 Å². The van der Waals surface area contributed by atoms with Crippen LogP contribution >= 0.6 is 0 Å². The topological polar surface area (TPSA) is 96.4 Å². The second-order valence-electron chi connectivity index (χ2n) is 7.16. The number of aromatic nitrogens is 1. The lowest BCUT2D eigenvalue weighted by Gasteiger charge is -2.32. The summed E-state index contributed by atoms with van der Waals surface area (Å²) in [6.45, 7) is 1.77. The first-order valence-corrected chi connectivity index (χ1v) is 11.3. The second-order valence-corrected chi connectivity index (χ2v) is 9.27. The molecule has 1 aliphatic rings. The van der Waals surface area contributed by atoms with Crippen molar-refractivity contribution in [1.82, 2.24) is 15.2 Å². The zero-order chi connectivity index (χ0) is 20.7. The van der Waals surface area contributed by atoms with Gasteiger partial charge in [-0.3, -0.25) is 14.6 Å². The quantitative estimate of drug-likeness (QED) is 0.745. The average molecular weight is 416 g/mol. The lowest BCUT2D eigenvalue weighted by molar-refractivity contribution is -0.120. The number of pyridine rings is 1. The van der Waals surface area contributed by atoms with Crippen molar-refractivity contribution in [2.75, 3.05) is 25.4 Å². The molecule has 0 saturated carbocycles. The van der Waals surface area contributed by atoms with E-state index in [-0.39, 0.29) is 34.8 Å². The van der Waals surface area contributed by atoms with Crippen molar-refractivity contribution in [1.29, 1.82) is 0 Å². The van der Waals surface area contributed by atoms with Crippen LogP contribution in [0.15, 0.2) is 59.8 Å². The van der Waals surface area contributed by atoms with Crippen molar-refractivity contribution >= 4 is 21.7 Å². The minimum absolute atomic E-state index is 0.0216. The SMILES string of the molecule is O=C(CCS(=O)(=O)c1ccccc1)NCC1CCN(C(=O)c2cccnc2)CC1. The molecule has 2 heterocycles. The Bertz CT molecular complexity index is 925. The van der Waals surface area contributed by atoms with Crippen LogP contribution in [0.25, 0.3) is 0 Å². The Hall–Kier alpha value is -2.74. The molecule has 1 saturated heterocycles. The summed E-state index contributed by atoms with van der Waals surface area (Å²) in [5.41, 5.74) is 0.582. The molecule has 1 fully saturated rings. The molecular weight excluding hydrogens is 390 g/mol. The number of benzene rings is 1. The van der Waals surface area contributed by atoms with E-state index >= 15 is 0 Å². The Morgan fingerprint density at radius 1 is 1.07 bits per heavy atom. The first-order valence-electron chi connectivity index (χ1n) is 9.69. The predicted molar refractivity (Wildman–Crippen MR) is 109 cm³/mol. The van der Waals surface area contributed by atoms with E-state index < -0.39 is 9.84 Å². The fourth-order valence-electron chi connectivity index (χ4n) is 3.33. The van der Waals surface area contributed by atoms with E-state index in [1.165, 1.54) is 12.1 Å². The Morgan fingerprint density at radius 3 is 2.45 bits per heavy atom. The number of likely N-dealkylation sites (tertiary alicyclic amines) is 1. The van der Waals surface area contributed by atoms with E-state index in [0.717, 1.165) is 12.8 Å². The van der Waals surface area contributed by atoms with Gasteiger partial charge in [-0.2, -0.15) is 0 Å². The van der Waals surface area contributed by atoms with Crippen LogP contribution in [0, 0.1) is 5.92 Å². The van der Waals surface area contributed by atoms with Crippen molar-refractivity contribution in [3.8, 4) is 0 Å². The van der Waals surface area contributed by atoms with E-state index in [2.05, 4.69) is 10.3 Å². The minimum atomic E-state index is -3.45. The fraction of sp³-hybridized carbons (Fsp3) is 0.381. The highest BCUT2D eigenvalue weighted by Gasteiger charge is 2.24. The first-order chi connectivity index (χ1) is 14.0. The molecule has 7 nitrogen and oxygen atoms in total. The van der Waals surface area contributed by atoms with Crippen molar-refractivity contribution in [2.24, 2.45) is 5.92 Å². The van der Waals surface area contributed by atoms with Crippen LogP contribution in [0.4, 0.5) is 0 Å². The summed E-state index contributed by atoms with van der Waals surface area (Å²) in [6, 6.07) is 11.7. The first kappa shape index (κ1) is 21.0. The van der Waals surface area contributed by atoms with Crippen LogP contribution in [0.2, 0.25) is 0 Å². The lowest BCUT2D eigenvalue weighted by atomic mass is 9.96. The second kappa shape index (κ2) is 9.65. The lowest BCUT2D eigenvalue weighted by Crippen LogP contribution is -2.41. The molecule has 0 aliphatic carbocycles. The summed E-state index contributed by atoms with van der Waals surface area (Å²) < 4.78 is 24.5. The van der Waals surface area contributed by atoms with E-state index in [9.17, 15) is 18.0 Å². The van der Waals surface area contributed by atoms with Crippen LogP contribution in [0.5, 0.6) is 0 Å². The summed E-state index contributed by atoms with van der Waals surface area (Å²) in [6.07, 6.45) is 4.74. The van der Waals surface area contributed by atoms with Crippen LogP contribution in [-0.2, 0) is 14.6 Å². The molecule has 29 heavy (non-hydrogen) atoms. The summed E-state index contributed by atoms with van der Waals surface area (Å²) >= 11 is 0. The van der Waals surface area contributed by atoms with Crippen LogP contribution in [0.1, 0.15) is 29.6 Å². The Labute approximate surface area is 171 Å². The maximum absolute atomic E-state index is 12.4. The number of amides is 2. The zero-order valence-electron chi connectivity index (χ0n) is 16.2. The summed E-state index contributed by atoms with van der Waals surface area (Å²) in [5.74, 6) is -0.214. The molecule has 154 valence electrons. The normalized spacial score (nSPS) is 15.1. The molecule has 3 rings (SSSR count). The minimum Gasteiger partial charge on any atom is -0.356 e. The molecule has 2 aromatic rings. The largest absolute Gasteiger partial charge is 0.356 e. The van der Waals surface area contributed by atoms with E-state index in [1.54, 1.807) is 42.7 Å².